The number of carbonyl (C=O) groups is 1. The number of aliphatic imine (C=N–C) groups is 1. The molecule has 0 aliphatic carbocycles. The molecule has 0 spiro atoms. The van der Waals surface area contributed by atoms with Crippen molar-refractivity contribution in [1.82, 2.24) is 9.88 Å². The highest BCUT2D eigenvalue weighted by Crippen LogP contribution is 2.32. The van der Waals surface area contributed by atoms with Crippen LogP contribution in [0.4, 0.5) is 4.39 Å². The van der Waals surface area contributed by atoms with Crippen LogP contribution in [0.3, 0.4) is 0 Å². The number of rotatable bonds is 4. The van der Waals surface area contributed by atoms with Crippen LogP contribution in [-0.4, -0.2) is 35.8 Å². The van der Waals surface area contributed by atoms with E-state index in [-0.39, 0.29) is 5.91 Å². The van der Waals surface area contributed by atoms with Crippen molar-refractivity contribution in [2.75, 3.05) is 14.2 Å². The van der Waals surface area contributed by atoms with Gasteiger partial charge in [-0.25, -0.2) is 9.38 Å². The van der Waals surface area contributed by atoms with Crippen molar-refractivity contribution in [3.63, 3.8) is 0 Å². The normalized spacial score (nSPS) is 16.2. The number of benzene rings is 2. The van der Waals surface area contributed by atoms with Crippen LogP contribution >= 0.6 is 0 Å². The number of methoxy groups -OCH3 is 1. The van der Waals surface area contributed by atoms with Crippen molar-refractivity contribution in [1.29, 1.82) is 0 Å². The molecule has 1 aromatic heterocycles. The van der Waals surface area contributed by atoms with Gasteiger partial charge < -0.3 is 4.74 Å². The molecule has 0 radical (unpaired) electrons. The molecule has 3 aromatic rings. The molecule has 1 aliphatic heterocycles. The summed E-state index contributed by atoms with van der Waals surface area (Å²) in [4.78, 5) is 23.0. The largest absolute Gasteiger partial charge is 0.497 e. The molecule has 0 saturated heterocycles. The first-order valence-corrected chi connectivity index (χ1v) is 8.78. The Kier molecular flexibility index (Phi) is 4.61. The van der Waals surface area contributed by atoms with Gasteiger partial charge in [0.25, 0.3) is 5.91 Å². The maximum Gasteiger partial charge on any atom is 0.257 e. The van der Waals surface area contributed by atoms with E-state index >= 15 is 0 Å². The zero-order valence-corrected chi connectivity index (χ0v) is 15.5. The van der Waals surface area contributed by atoms with E-state index in [4.69, 9.17) is 9.73 Å². The quantitative estimate of drug-likeness (QED) is 0.696. The molecule has 6 heteroatoms. The number of pyridine rings is 1. The minimum atomic E-state index is -0.621. The Morgan fingerprint density at radius 2 is 1.75 bits per heavy atom. The molecule has 28 heavy (non-hydrogen) atoms. The minimum absolute atomic E-state index is 0.118. The van der Waals surface area contributed by atoms with Crippen molar-refractivity contribution < 1.29 is 13.9 Å². The van der Waals surface area contributed by atoms with E-state index in [1.54, 1.807) is 25.3 Å². The highest BCUT2D eigenvalue weighted by Gasteiger charge is 2.34. The van der Waals surface area contributed by atoms with Gasteiger partial charge in [0.15, 0.2) is 6.04 Å². The van der Waals surface area contributed by atoms with Crippen LogP contribution in [0, 0.1) is 5.82 Å². The third-order valence-electron chi connectivity index (χ3n) is 4.75. The van der Waals surface area contributed by atoms with Crippen molar-refractivity contribution in [2.24, 2.45) is 4.99 Å². The third kappa shape index (κ3) is 3.13. The molecule has 0 N–H and O–H groups in total. The lowest BCUT2D eigenvalue weighted by molar-refractivity contribution is -0.126. The summed E-state index contributed by atoms with van der Waals surface area (Å²) in [6.45, 7) is 0. The number of hydrogen-bond acceptors (Lipinski definition) is 4. The first-order chi connectivity index (χ1) is 13.6. The minimum Gasteiger partial charge on any atom is -0.497 e. The topological polar surface area (TPSA) is 54.8 Å². The van der Waals surface area contributed by atoms with Gasteiger partial charge in [-0.15, -0.1) is 0 Å². The van der Waals surface area contributed by atoms with Crippen LogP contribution in [0.25, 0.3) is 11.1 Å². The highest BCUT2D eigenvalue weighted by atomic mass is 19.1. The number of carbonyl (C=O) groups excluding carboxylic acids is 1. The van der Waals surface area contributed by atoms with Gasteiger partial charge >= 0.3 is 0 Å². The molecule has 0 fully saturated rings. The van der Waals surface area contributed by atoms with E-state index in [1.165, 1.54) is 6.07 Å². The predicted octanol–water partition coefficient (Wildman–Crippen LogP) is 3.86. The fraction of sp³-hybridized carbons (Fsp3) is 0.136. The lowest BCUT2D eigenvalue weighted by atomic mass is 10.00. The molecule has 4 rings (SSSR count). The lowest BCUT2D eigenvalue weighted by Gasteiger charge is -2.16. The van der Waals surface area contributed by atoms with E-state index in [9.17, 15) is 9.18 Å². The summed E-state index contributed by atoms with van der Waals surface area (Å²) in [7, 11) is 3.29. The molecule has 1 unspecified atom stereocenters. The number of halogens is 1. The van der Waals surface area contributed by atoms with Crippen LogP contribution in [0.2, 0.25) is 0 Å². The summed E-state index contributed by atoms with van der Waals surface area (Å²) in [6.07, 6.45) is 2.76. The number of ether oxygens (including phenoxy) is 1. The van der Waals surface area contributed by atoms with Gasteiger partial charge in [0, 0.05) is 24.4 Å². The second kappa shape index (κ2) is 7.23. The Balaban J connectivity index is 1.77. The molecule has 0 saturated carbocycles. The summed E-state index contributed by atoms with van der Waals surface area (Å²) in [5.41, 5.74) is 2.94. The fourth-order valence-corrected chi connectivity index (χ4v) is 3.29. The van der Waals surface area contributed by atoms with Crippen LogP contribution in [-0.2, 0) is 4.79 Å². The second-order valence-electron chi connectivity index (χ2n) is 6.46. The first-order valence-electron chi connectivity index (χ1n) is 8.78. The van der Waals surface area contributed by atoms with Crippen LogP contribution in [0.5, 0.6) is 5.75 Å². The number of aromatic nitrogens is 1. The van der Waals surface area contributed by atoms with Crippen LogP contribution in [0.1, 0.15) is 17.2 Å². The number of likely N-dealkylation sites (N-methyl/N-ethyl adjacent to an activating group) is 1. The monoisotopic (exact) mass is 375 g/mol. The molecule has 2 heterocycles. The summed E-state index contributed by atoms with van der Waals surface area (Å²) in [6, 6.07) is 15.6. The zero-order valence-electron chi connectivity index (χ0n) is 15.5. The average Bonchev–Trinajstić information content (AvgIpc) is 3.03. The van der Waals surface area contributed by atoms with Crippen molar-refractivity contribution in [3.05, 3.63) is 83.9 Å². The van der Waals surface area contributed by atoms with E-state index in [2.05, 4.69) is 4.98 Å². The summed E-state index contributed by atoms with van der Waals surface area (Å²) < 4.78 is 18.9. The maximum absolute atomic E-state index is 13.7. The van der Waals surface area contributed by atoms with Crippen LogP contribution in [0.15, 0.2) is 72.0 Å². The first kappa shape index (κ1) is 17.9. The van der Waals surface area contributed by atoms with E-state index in [0.29, 0.717) is 11.4 Å². The predicted molar refractivity (Wildman–Crippen MR) is 105 cm³/mol. The smallest absolute Gasteiger partial charge is 0.257 e. The molecular formula is C22H18FN3O2. The van der Waals surface area contributed by atoms with Gasteiger partial charge in [-0.2, -0.15) is 0 Å². The van der Waals surface area contributed by atoms with Crippen molar-refractivity contribution >= 4 is 11.7 Å². The average molecular weight is 375 g/mol. The molecule has 140 valence electrons. The van der Waals surface area contributed by atoms with E-state index in [1.807, 2.05) is 48.5 Å². The van der Waals surface area contributed by atoms with Gasteiger partial charge in [-0.1, -0.05) is 36.4 Å². The Labute approximate surface area is 162 Å². The number of nitrogens with zero attached hydrogens (tertiary/aromatic N) is 3. The molecule has 5 nitrogen and oxygen atoms in total. The molecule has 1 aliphatic rings. The van der Waals surface area contributed by atoms with Crippen LogP contribution < -0.4 is 4.74 Å². The number of hydrogen-bond donors (Lipinski definition) is 0. The molecule has 0 bridgehead atoms. The lowest BCUT2D eigenvalue weighted by Crippen LogP contribution is -2.30. The summed E-state index contributed by atoms with van der Waals surface area (Å²) in [5, 5.41) is 0. The SMILES string of the molecule is COc1ccc(C2N=C(c3ccccc3-c3cncc(F)c3)N(C)C2=O)cc1. The molecule has 2 aromatic carbocycles. The summed E-state index contributed by atoms with van der Waals surface area (Å²) in [5.74, 6) is 0.731. The number of amidine groups is 1. The molecular weight excluding hydrogens is 357 g/mol. The Morgan fingerprint density at radius 1 is 1.04 bits per heavy atom. The number of amides is 1. The van der Waals surface area contributed by atoms with Gasteiger partial charge in [-0.05, 0) is 29.3 Å². The molecule has 1 atom stereocenters. The zero-order chi connectivity index (χ0) is 19.7. The fourth-order valence-electron chi connectivity index (χ4n) is 3.29. The van der Waals surface area contributed by atoms with Gasteiger partial charge in [0.1, 0.15) is 17.4 Å². The highest BCUT2D eigenvalue weighted by molar-refractivity contribution is 6.16. The van der Waals surface area contributed by atoms with E-state index < -0.39 is 11.9 Å². The maximum atomic E-state index is 13.7. The summed E-state index contributed by atoms with van der Waals surface area (Å²) >= 11 is 0. The van der Waals surface area contributed by atoms with E-state index in [0.717, 1.165) is 28.6 Å². The van der Waals surface area contributed by atoms with Crippen molar-refractivity contribution in [2.45, 2.75) is 6.04 Å². The Morgan fingerprint density at radius 3 is 2.43 bits per heavy atom. The van der Waals surface area contributed by atoms with Crippen molar-refractivity contribution in [3.8, 4) is 16.9 Å². The second-order valence-corrected chi connectivity index (χ2v) is 6.46. The Bertz CT molecular complexity index is 1060. The van der Waals surface area contributed by atoms with Gasteiger partial charge in [0.2, 0.25) is 0 Å². The third-order valence-corrected chi connectivity index (χ3v) is 4.75. The standard InChI is InChI=1S/C22H18FN3O2/c1-26-21(25-20(22(26)27)14-7-9-17(28-2)10-8-14)19-6-4-3-5-18(19)15-11-16(23)13-24-12-15/h3-13,20H,1-2H3. The molecule has 1 amide bonds. The Hall–Kier alpha value is -3.54. The van der Waals surface area contributed by atoms with Gasteiger partial charge in [0.05, 0.1) is 13.3 Å². The van der Waals surface area contributed by atoms with Gasteiger partial charge in [-0.3, -0.25) is 14.7 Å².